The van der Waals surface area contributed by atoms with Crippen LogP contribution >= 0.6 is 22.9 Å². The molecule has 3 rings (SSSR count). The van der Waals surface area contributed by atoms with Gasteiger partial charge in [-0.1, -0.05) is 23.7 Å². The first-order chi connectivity index (χ1) is 8.33. The molecule has 1 N–H and O–H groups in total. The standard InChI is InChI=1S/C13H9ClN2S/c14-11-3-1-9(2-4-11)12-7-15-13(16-12)10-5-6-17-8-10/h1-8H,(H,15,16). The van der Waals surface area contributed by atoms with Crippen LogP contribution in [0, 0.1) is 0 Å². The lowest BCUT2D eigenvalue weighted by Crippen LogP contribution is -1.78. The lowest BCUT2D eigenvalue weighted by atomic mass is 10.2. The zero-order valence-electron chi connectivity index (χ0n) is 8.85. The fourth-order valence-corrected chi connectivity index (χ4v) is 2.41. The number of benzene rings is 1. The monoisotopic (exact) mass is 260 g/mol. The van der Waals surface area contributed by atoms with E-state index in [1.807, 2.05) is 35.8 Å². The van der Waals surface area contributed by atoms with Crippen LogP contribution in [0.2, 0.25) is 5.02 Å². The Kier molecular flexibility index (Phi) is 2.71. The van der Waals surface area contributed by atoms with Crippen LogP contribution in [-0.2, 0) is 0 Å². The van der Waals surface area contributed by atoms with E-state index in [-0.39, 0.29) is 0 Å². The molecule has 1 aromatic carbocycles. The molecule has 3 aromatic rings. The van der Waals surface area contributed by atoms with E-state index in [0.29, 0.717) is 0 Å². The van der Waals surface area contributed by atoms with Crippen molar-refractivity contribution in [2.45, 2.75) is 0 Å². The summed E-state index contributed by atoms with van der Waals surface area (Å²) in [5, 5.41) is 4.86. The topological polar surface area (TPSA) is 28.7 Å². The van der Waals surface area contributed by atoms with Crippen molar-refractivity contribution in [1.82, 2.24) is 9.97 Å². The Labute approximate surface area is 108 Å². The van der Waals surface area contributed by atoms with Crippen LogP contribution < -0.4 is 0 Å². The molecule has 4 heteroatoms. The van der Waals surface area contributed by atoms with Gasteiger partial charge in [-0.2, -0.15) is 11.3 Å². The first kappa shape index (κ1) is 10.6. The highest BCUT2D eigenvalue weighted by molar-refractivity contribution is 7.08. The van der Waals surface area contributed by atoms with Gasteiger partial charge in [0.2, 0.25) is 0 Å². The molecule has 17 heavy (non-hydrogen) atoms. The Morgan fingerprint density at radius 3 is 2.59 bits per heavy atom. The first-order valence-electron chi connectivity index (χ1n) is 5.16. The van der Waals surface area contributed by atoms with Gasteiger partial charge in [0.05, 0.1) is 11.9 Å². The van der Waals surface area contributed by atoms with Gasteiger partial charge in [0.1, 0.15) is 5.82 Å². The third-order valence-electron chi connectivity index (χ3n) is 2.53. The Morgan fingerprint density at radius 1 is 1.06 bits per heavy atom. The molecule has 0 spiro atoms. The van der Waals surface area contributed by atoms with E-state index in [1.165, 1.54) is 0 Å². The Morgan fingerprint density at radius 2 is 1.88 bits per heavy atom. The quantitative estimate of drug-likeness (QED) is 0.724. The van der Waals surface area contributed by atoms with Crippen LogP contribution in [0.5, 0.6) is 0 Å². The van der Waals surface area contributed by atoms with E-state index < -0.39 is 0 Å². The molecular formula is C13H9ClN2S. The highest BCUT2D eigenvalue weighted by Gasteiger charge is 2.05. The summed E-state index contributed by atoms with van der Waals surface area (Å²) < 4.78 is 0. The van der Waals surface area contributed by atoms with E-state index in [4.69, 9.17) is 11.6 Å². The SMILES string of the molecule is Clc1ccc(-c2cnc(-c3ccsc3)[nH]2)cc1. The largest absolute Gasteiger partial charge is 0.338 e. The minimum absolute atomic E-state index is 0.742. The van der Waals surface area contributed by atoms with Gasteiger partial charge in [-0.05, 0) is 29.1 Å². The molecule has 2 heterocycles. The second-order valence-electron chi connectivity index (χ2n) is 3.66. The number of thiophene rings is 1. The predicted molar refractivity (Wildman–Crippen MR) is 72.3 cm³/mol. The molecule has 0 fully saturated rings. The molecule has 0 unspecified atom stereocenters. The summed E-state index contributed by atoms with van der Waals surface area (Å²) in [6.45, 7) is 0. The number of aromatic amines is 1. The molecule has 0 saturated heterocycles. The van der Waals surface area contributed by atoms with Gasteiger partial charge in [-0.25, -0.2) is 4.98 Å². The van der Waals surface area contributed by atoms with E-state index in [1.54, 1.807) is 11.3 Å². The number of hydrogen-bond acceptors (Lipinski definition) is 2. The normalized spacial score (nSPS) is 10.6. The highest BCUT2D eigenvalue weighted by atomic mass is 35.5. The highest BCUT2D eigenvalue weighted by Crippen LogP contribution is 2.24. The van der Waals surface area contributed by atoms with Gasteiger partial charge >= 0.3 is 0 Å². The number of imidazole rings is 1. The number of nitrogens with one attached hydrogen (secondary N) is 1. The van der Waals surface area contributed by atoms with Gasteiger partial charge in [0.25, 0.3) is 0 Å². The van der Waals surface area contributed by atoms with Crippen LogP contribution in [0.4, 0.5) is 0 Å². The number of hydrogen-bond donors (Lipinski definition) is 1. The Hall–Kier alpha value is -1.58. The van der Waals surface area contributed by atoms with Gasteiger partial charge in [0, 0.05) is 16.0 Å². The molecule has 0 bridgehead atoms. The fourth-order valence-electron chi connectivity index (χ4n) is 1.64. The summed E-state index contributed by atoms with van der Waals surface area (Å²) in [4.78, 5) is 7.68. The average molecular weight is 261 g/mol. The second-order valence-corrected chi connectivity index (χ2v) is 4.88. The number of H-pyrrole nitrogens is 1. The number of aromatic nitrogens is 2. The van der Waals surface area contributed by atoms with Crippen molar-refractivity contribution in [2.24, 2.45) is 0 Å². The first-order valence-corrected chi connectivity index (χ1v) is 6.48. The van der Waals surface area contributed by atoms with Crippen LogP contribution in [0.25, 0.3) is 22.6 Å². The van der Waals surface area contributed by atoms with Gasteiger partial charge in [0.15, 0.2) is 0 Å². The molecule has 84 valence electrons. The predicted octanol–water partition coefficient (Wildman–Crippen LogP) is 4.46. The van der Waals surface area contributed by atoms with Crippen molar-refractivity contribution in [3.63, 3.8) is 0 Å². The third kappa shape index (κ3) is 2.12. The fraction of sp³-hybridized carbons (Fsp3) is 0. The molecule has 0 aliphatic heterocycles. The molecule has 2 nitrogen and oxygen atoms in total. The van der Waals surface area contributed by atoms with Gasteiger partial charge in [-0.15, -0.1) is 0 Å². The van der Waals surface area contributed by atoms with Crippen LogP contribution in [0.15, 0.2) is 47.3 Å². The maximum Gasteiger partial charge on any atom is 0.138 e. The lowest BCUT2D eigenvalue weighted by molar-refractivity contribution is 1.32. The van der Waals surface area contributed by atoms with Crippen LogP contribution in [-0.4, -0.2) is 9.97 Å². The van der Waals surface area contributed by atoms with E-state index >= 15 is 0 Å². The molecule has 2 aromatic heterocycles. The summed E-state index contributed by atoms with van der Waals surface area (Å²) in [6, 6.07) is 9.76. The van der Waals surface area contributed by atoms with E-state index in [2.05, 4.69) is 21.4 Å². The third-order valence-corrected chi connectivity index (χ3v) is 3.46. The van der Waals surface area contributed by atoms with Crippen molar-refractivity contribution in [1.29, 1.82) is 0 Å². The molecule has 0 aliphatic rings. The lowest BCUT2D eigenvalue weighted by Gasteiger charge is -1.97. The molecule has 0 radical (unpaired) electrons. The van der Waals surface area contributed by atoms with Crippen molar-refractivity contribution < 1.29 is 0 Å². The van der Waals surface area contributed by atoms with Crippen molar-refractivity contribution in [3.8, 4) is 22.6 Å². The maximum absolute atomic E-state index is 5.86. The Balaban J connectivity index is 1.98. The minimum Gasteiger partial charge on any atom is -0.338 e. The summed E-state index contributed by atoms with van der Waals surface area (Å²) >= 11 is 7.53. The van der Waals surface area contributed by atoms with Gasteiger partial charge < -0.3 is 4.98 Å². The van der Waals surface area contributed by atoms with Crippen molar-refractivity contribution >= 4 is 22.9 Å². The zero-order chi connectivity index (χ0) is 11.7. The number of halogens is 1. The van der Waals surface area contributed by atoms with E-state index in [0.717, 1.165) is 27.7 Å². The van der Waals surface area contributed by atoms with Gasteiger partial charge in [-0.3, -0.25) is 0 Å². The minimum atomic E-state index is 0.742. The smallest absolute Gasteiger partial charge is 0.138 e. The average Bonchev–Trinajstić information content (AvgIpc) is 3.00. The Bertz CT molecular complexity index is 611. The van der Waals surface area contributed by atoms with Crippen LogP contribution in [0.1, 0.15) is 0 Å². The maximum atomic E-state index is 5.86. The zero-order valence-corrected chi connectivity index (χ0v) is 10.4. The van der Waals surface area contributed by atoms with Crippen LogP contribution in [0.3, 0.4) is 0 Å². The molecule has 0 saturated carbocycles. The molecule has 0 amide bonds. The summed E-state index contributed by atoms with van der Waals surface area (Å²) in [7, 11) is 0. The molecular weight excluding hydrogens is 252 g/mol. The molecule has 0 atom stereocenters. The summed E-state index contributed by atoms with van der Waals surface area (Å²) in [5.41, 5.74) is 3.21. The summed E-state index contributed by atoms with van der Waals surface area (Å²) in [6.07, 6.45) is 1.84. The number of nitrogens with zero attached hydrogens (tertiary/aromatic N) is 1. The van der Waals surface area contributed by atoms with E-state index in [9.17, 15) is 0 Å². The molecule has 0 aliphatic carbocycles. The van der Waals surface area contributed by atoms with Crippen molar-refractivity contribution in [2.75, 3.05) is 0 Å². The summed E-state index contributed by atoms with van der Waals surface area (Å²) in [5.74, 6) is 0.899. The second kappa shape index (κ2) is 4.35. The number of rotatable bonds is 2. The van der Waals surface area contributed by atoms with Crippen molar-refractivity contribution in [3.05, 3.63) is 52.3 Å².